The molecule has 106 valence electrons. The van der Waals surface area contributed by atoms with E-state index in [4.69, 9.17) is 24.7 Å². The van der Waals surface area contributed by atoms with Crippen LogP contribution in [0.15, 0.2) is 18.2 Å². The molecule has 6 heteroatoms. The number of methoxy groups -OCH3 is 2. The van der Waals surface area contributed by atoms with Crippen LogP contribution in [0.25, 0.3) is 0 Å². The summed E-state index contributed by atoms with van der Waals surface area (Å²) < 4.78 is 20.0. The molecule has 0 saturated heterocycles. The standard InChI is InChI=1S/C13H19NO5/c1-16-5-6-18-7-8-19-13(15)10-3-4-12(17-2)11(14)9-10/h3-4,9H,5-8,14H2,1-2H3. The van der Waals surface area contributed by atoms with E-state index >= 15 is 0 Å². The fraction of sp³-hybridized carbons (Fsp3) is 0.462. The lowest BCUT2D eigenvalue weighted by molar-refractivity contribution is 0.0214. The molecule has 2 N–H and O–H groups in total. The minimum atomic E-state index is -0.440. The van der Waals surface area contributed by atoms with E-state index in [1.165, 1.54) is 13.2 Å². The van der Waals surface area contributed by atoms with Gasteiger partial charge in [0.1, 0.15) is 12.4 Å². The minimum Gasteiger partial charge on any atom is -0.495 e. The Morgan fingerprint density at radius 3 is 2.53 bits per heavy atom. The number of ether oxygens (including phenoxy) is 4. The molecule has 0 spiro atoms. The summed E-state index contributed by atoms with van der Waals surface area (Å²) in [6.07, 6.45) is 0. The van der Waals surface area contributed by atoms with Gasteiger partial charge >= 0.3 is 5.97 Å². The van der Waals surface area contributed by atoms with Crippen molar-refractivity contribution in [1.82, 2.24) is 0 Å². The Morgan fingerprint density at radius 1 is 1.16 bits per heavy atom. The summed E-state index contributed by atoms with van der Waals surface area (Å²) in [4.78, 5) is 11.7. The van der Waals surface area contributed by atoms with Gasteiger partial charge in [0.2, 0.25) is 0 Å². The Hall–Kier alpha value is -1.79. The van der Waals surface area contributed by atoms with Gasteiger partial charge in [0, 0.05) is 7.11 Å². The SMILES string of the molecule is COCCOCCOC(=O)c1ccc(OC)c(N)c1. The van der Waals surface area contributed by atoms with Crippen molar-refractivity contribution in [3.05, 3.63) is 23.8 Å². The smallest absolute Gasteiger partial charge is 0.338 e. The Kier molecular flexibility index (Phi) is 6.70. The number of nitrogens with two attached hydrogens (primary N) is 1. The molecule has 0 amide bonds. The third-order valence-corrected chi connectivity index (χ3v) is 2.36. The van der Waals surface area contributed by atoms with Crippen molar-refractivity contribution in [1.29, 1.82) is 0 Å². The highest BCUT2D eigenvalue weighted by atomic mass is 16.6. The van der Waals surface area contributed by atoms with Gasteiger partial charge in [-0.05, 0) is 18.2 Å². The highest BCUT2D eigenvalue weighted by molar-refractivity contribution is 5.91. The first-order valence-corrected chi connectivity index (χ1v) is 5.86. The molecular formula is C13H19NO5. The van der Waals surface area contributed by atoms with Crippen molar-refractivity contribution in [2.75, 3.05) is 46.4 Å². The number of esters is 1. The average Bonchev–Trinajstić information content (AvgIpc) is 2.42. The highest BCUT2D eigenvalue weighted by Crippen LogP contribution is 2.22. The average molecular weight is 269 g/mol. The summed E-state index contributed by atoms with van der Waals surface area (Å²) in [5.41, 5.74) is 6.49. The number of rotatable bonds is 8. The van der Waals surface area contributed by atoms with Gasteiger partial charge in [0.15, 0.2) is 0 Å². The second-order valence-corrected chi connectivity index (χ2v) is 3.70. The molecule has 1 aromatic rings. The molecular weight excluding hydrogens is 250 g/mol. The molecule has 0 fully saturated rings. The largest absolute Gasteiger partial charge is 0.495 e. The fourth-order valence-electron chi connectivity index (χ4n) is 1.38. The number of benzene rings is 1. The van der Waals surface area contributed by atoms with Crippen LogP contribution < -0.4 is 10.5 Å². The summed E-state index contributed by atoms with van der Waals surface area (Å²) in [6, 6.07) is 4.75. The second-order valence-electron chi connectivity index (χ2n) is 3.70. The van der Waals surface area contributed by atoms with Gasteiger partial charge in [-0.3, -0.25) is 0 Å². The van der Waals surface area contributed by atoms with Crippen molar-refractivity contribution in [3.8, 4) is 5.75 Å². The third-order valence-electron chi connectivity index (χ3n) is 2.36. The van der Waals surface area contributed by atoms with Gasteiger partial charge in [-0.25, -0.2) is 4.79 Å². The molecule has 6 nitrogen and oxygen atoms in total. The van der Waals surface area contributed by atoms with E-state index in [1.807, 2.05) is 0 Å². The Labute approximate surface area is 112 Å². The lowest BCUT2D eigenvalue weighted by atomic mass is 10.2. The summed E-state index contributed by atoms with van der Waals surface area (Å²) in [5.74, 6) is 0.0872. The zero-order valence-corrected chi connectivity index (χ0v) is 11.2. The number of carbonyl (C=O) groups is 1. The first-order chi connectivity index (χ1) is 9.19. The Bertz CT molecular complexity index is 408. The lowest BCUT2D eigenvalue weighted by Gasteiger charge is -2.08. The minimum absolute atomic E-state index is 0.189. The highest BCUT2D eigenvalue weighted by Gasteiger charge is 2.09. The molecule has 1 rings (SSSR count). The predicted molar refractivity (Wildman–Crippen MR) is 70.4 cm³/mol. The van der Waals surface area contributed by atoms with Crippen molar-refractivity contribution in [3.63, 3.8) is 0 Å². The zero-order valence-electron chi connectivity index (χ0n) is 11.2. The first-order valence-electron chi connectivity index (χ1n) is 5.86. The molecule has 0 aliphatic heterocycles. The summed E-state index contributed by atoms with van der Waals surface area (Å²) >= 11 is 0. The van der Waals surface area contributed by atoms with Gasteiger partial charge in [0.05, 0.1) is 38.2 Å². The summed E-state index contributed by atoms with van der Waals surface area (Å²) in [7, 11) is 3.11. The summed E-state index contributed by atoms with van der Waals surface area (Å²) in [6.45, 7) is 1.52. The maximum Gasteiger partial charge on any atom is 0.338 e. The third kappa shape index (κ3) is 5.15. The fourth-order valence-corrected chi connectivity index (χ4v) is 1.38. The first kappa shape index (κ1) is 15.3. The number of hydrogen-bond donors (Lipinski definition) is 1. The molecule has 1 aromatic carbocycles. The van der Waals surface area contributed by atoms with Crippen molar-refractivity contribution in [2.45, 2.75) is 0 Å². The van der Waals surface area contributed by atoms with E-state index in [-0.39, 0.29) is 6.61 Å². The molecule has 0 saturated carbocycles. The number of hydrogen-bond acceptors (Lipinski definition) is 6. The molecule has 0 aliphatic rings. The quantitative estimate of drug-likeness (QED) is 0.432. The van der Waals surface area contributed by atoms with Gasteiger partial charge in [-0.2, -0.15) is 0 Å². The van der Waals surface area contributed by atoms with Crippen LogP contribution in [0.2, 0.25) is 0 Å². The molecule has 0 heterocycles. The van der Waals surface area contributed by atoms with Crippen molar-refractivity contribution in [2.24, 2.45) is 0 Å². The predicted octanol–water partition coefficient (Wildman–Crippen LogP) is 1.10. The van der Waals surface area contributed by atoms with Gasteiger partial charge in [-0.1, -0.05) is 0 Å². The molecule has 0 unspecified atom stereocenters. The van der Waals surface area contributed by atoms with E-state index in [9.17, 15) is 4.79 Å². The van der Waals surface area contributed by atoms with Crippen LogP contribution >= 0.6 is 0 Å². The second kappa shape index (κ2) is 8.34. The van der Waals surface area contributed by atoms with Crippen LogP contribution in [-0.2, 0) is 14.2 Å². The van der Waals surface area contributed by atoms with Crippen LogP contribution in [0.4, 0.5) is 5.69 Å². The number of nitrogen functional groups attached to an aromatic ring is 1. The summed E-state index contributed by atoms with van der Waals surface area (Å²) in [5, 5.41) is 0. The Morgan fingerprint density at radius 2 is 1.89 bits per heavy atom. The van der Waals surface area contributed by atoms with Gasteiger partial charge < -0.3 is 24.7 Å². The molecule has 0 bridgehead atoms. The van der Waals surface area contributed by atoms with Crippen LogP contribution in [-0.4, -0.2) is 46.6 Å². The van der Waals surface area contributed by atoms with Gasteiger partial charge in [-0.15, -0.1) is 0 Å². The van der Waals surface area contributed by atoms with Crippen molar-refractivity contribution >= 4 is 11.7 Å². The maximum atomic E-state index is 11.7. The molecule has 0 atom stereocenters. The van der Waals surface area contributed by atoms with E-state index in [0.29, 0.717) is 36.8 Å². The van der Waals surface area contributed by atoms with E-state index < -0.39 is 5.97 Å². The van der Waals surface area contributed by atoms with Gasteiger partial charge in [0.25, 0.3) is 0 Å². The van der Waals surface area contributed by atoms with E-state index in [1.54, 1.807) is 19.2 Å². The van der Waals surface area contributed by atoms with Crippen LogP contribution in [0.3, 0.4) is 0 Å². The van der Waals surface area contributed by atoms with E-state index in [2.05, 4.69) is 0 Å². The molecule has 19 heavy (non-hydrogen) atoms. The number of anilines is 1. The monoisotopic (exact) mass is 269 g/mol. The maximum absolute atomic E-state index is 11.7. The topological polar surface area (TPSA) is 80.0 Å². The van der Waals surface area contributed by atoms with Crippen LogP contribution in [0.5, 0.6) is 5.75 Å². The van der Waals surface area contributed by atoms with Crippen LogP contribution in [0, 0.1) is 0 Å². The van der Waals surface area contributed by atoms with Crippen LogP contribution in [0.1, 0.15) is 10.4 Å². The molecule has 0 aliphatic carbocycles. The van der Waals surface area contributed by atoms with Crippen molar-refractivity contribution < 1.29 is 23.7 Å². The Balaban J connectivity index is 2.35. The molecule has 0 radical (unpaired) electrons. The number of carbonyl (C=O) groups excluding carboxylic acids is 1. The van der Waals surface area contributed by atoms with E-state index in [0.717, 1.165) is 0 Å². The zero-order chi connectivity index (χ0) is 14.1. The lowest BCUT2D eigenvalue weighted by Crippen LogP contribution is -2.13. The normalized spacial score (nSPS) is 10.2. The molecule has 0 aromatic heterocycles.